The molecular formula is C20H22ClN3O3. The van der Waals surface area contributed by atoms with Crippen molar-refractivity contribution >= 4 is 23.3 Å². The molecule has 7 heteroatoms. The van der Waals surface area contributed by atoms with Crippen molar-refractivity contribution in [2.45, 2.75) is 32.8 Å². The second kappa shape index (κ2) is 7.48. The number of halogens is 1. The number of nitrogens with one attached hydrogen (secondary N) is 1. The summed E-state index contributed by atoms with van der Waals surface area (Å²) in [4.78, 5) is 16.1. The highest BCUT2D eigenvalue weighted by Crippen LogP contribution is 2.31. The molecule has 142 valence electrons. The number of benzene rings is 1. The predicted molar refractivity (Wildman–Crippen MR) is 105 cm³/mol. The van der Waals surface area contributed by atoms with Gasteiger partial charge in [-0.1, -0.05) is 11.6 Å². The fraction of sp³-hybridized carbons (Fsp3) is 0.300. The smallest absolute Gasteiger partial charge is 0.407 e. The van der Waals surface area contributed by atoms with Gasteiger partial charge < -0.3 is 19.6 Å². The summed E-state index contributed by atoms with van der Waals surface area (Å²) >= 11 is 5.91. The Labute approximate surface area is 162 Å². The van der Waals surface area contributed by atoms with Gasteiger partial charge in [-0.05, 0) is 51.1 Å². The molecule has 2 aromatic heterocycles. The zero-order chi connectivity index (χ0) is 19.6. The molecule has 0 fully saturated rings. The number of hydrogen-bond donors (Lipinski definition) is 2. The highest BCUT2D eigenvalue weighted by atomic mass is 35.5. The first-order chi connectivity index (χ1) is 12.7. The third kappa shape index (κ3) is 4.71. The molecule has 6 nitrogen and oxygen atoms in total. The van der Waals surface area contributed by atoms with Crippen molar-refractivity contribution in [2.75, 3.05) is 6.54 Å². The number of aromatic nitrogens is 2. The molecule has 2 N–H and O–H groups in total. The molecule has 0 atom stereocenters. The lowest BCUT2D eigenvalue weighted by molar-refractivity contribution is 0.0528. The Balaban J connectivity index is 1.76. The van der Waals surface area contributed by atoms with Gasteiger partial charge in [0, 0.05) is 47.2 Å². The summed E-state index contributed by atoms with van der Waals surface area (Å²) in [6.45, 7) is 5.90. The number of pyridine rings is 1. The van der Waals surface area contributed by atoms with Gasteiger partial charge in [0.1, 0.15) is 17.0 Å². The van der Waals surface area contributed by atoms with Gasteiger partial charge in [-0.15, -0.1) is 0 Å². The lowest BCUT2D eigenvalue weighted by Crippen LogP contribution is -2.33. The van der Waals surface area contributed by atoms with Crippen LogP contribution in [0.25, 0.3) is 16.8 Å². The molecule has 0 saturated carbocycles. The number of phenolic OH excluding ortho intramolecular Hbond substituents is 1. The van der Waals surface area contributed by atoms with Crippen LogP contribution in [0.1, 0.15) is 26.5 Å². The first kappa shape index (κ1) is 19.0. The number of nitrogens with zero attached hydrogens (tertiary/aromatic N) is 2. The van der Waals surface area contributed by atoms with E-state index >= 15 is 0 Å². The Hall–Kier alpha value is -2.73. The van der Waals surface area contributed by atoms with Gasteiger partial charge in [0.05, 0.1) is 0 Å². The summed E-state index contributed by atoms with van der Waals surface area (Å²) in [5.41, 5.74) is 2.74. The molecule has 0 unspecified atom stereocenters. The molecular weight excluding hydrogens is 366 g/mol. The Kier molecular flexibility index (Phi) is 5.28. The second-order valence-electron chi connectivity index (χ2n) is 7.24. The molecule has 0 aliphatic carbocycles. The predicted octanol–water partition coefficient (Wildman–Crippen LogP) is 4.43. The van der Waals surface area contributed by atoms with Crippen LogP contribution in [-0.2, 0) is 11.2 Å². The van der Waals surface area contributed by atoms with Gasteiger partial charge in [-0.25, -0.2) is 9.78 Å². The van der Waals surface area contributed by atoms with Crippen LogP contribution in [0.2, 0.25) is 5.02 Å². The van der Waals surface area contributed by atoms with Crippen LogP contribution >= 0.6 is 11.6 Å². The number of fused-ring (bicyclic) bond motifs is 1. The third-order valence-corrected chi connectivity index (χ3v) is 4.14. The number of ether oxygens (including phenoxy) is 1. The van der Waals surface area contributed by atoms with Gasteiger partial charge in [-0.3, -0.25) is 0 Å². The van der Waals surface area contributed by atoms with Crippen molar-refractivity contribution in [3.05, 3.63) is 53.4 Å². The van der Waals surface area contributed by atoms with Gasteiger partial charge in [0.25, 0.3) is 0 Å². The number of imidazole rings is 1. The Morgan fingerprint density at radius 3 is 2.78 bits per heavy atom. The second-order valence-corrected chi connectivity index (χ2v) is 7.67. The Morgan fingerprint density at radius 2 is 2.07 bits per heavy atom. The maximum atomic E-state index is 11.8. The molecule has 0 saturated heterocycles. The largest absolute Gasteiger partial charge is 0.507 e. The van der Waals surface area contributed by atoms with Crippen molar-refractivity contribution < 1.29 is 14.6 Å². The van der Waals surface area contributed by atoms with E-state index in [2.05, 4.69) is 10.3 Å². The van der Waals surface area contributed by atoms with Crippen LogP contribution < -0.4 is 5.32 Å². The average molecular weight is 388 g/mol. The normalized spacial score (nSPS) is 11.6. The van der Waals surface area contributed by atoms with E-state index in [4.69, 9.17) is 16.3 Å². The molecule has 0 aliphatic rings. The fourth-order valence-corrected chi connectivity index (χ4v) is 2.90. The summed E-state index contributed by atoms with van der Waals surface area (Å²) in [6.07, 6.45) is 3.84. The molecule has 1 amide bonds. The van der Waals surface area contributed by atoms with Gasteiger partial charge in [0.2, 0.25) is 0 Å². The zero-order valence-corrected chi connectivity index (χ0v) is 16.2. The molecule has 1 aromatic carbocycles. The van der Waals surface area contributed by atoms with Gasteiger partial charge in [0.15, 0.2) is 0 Å². The number of carbonyl (C=O) groups excluding carboxylic acids is 1. The molecule has 0 radical (unpaired) electrons. The minimum absolute atomic E-state index is 0.120. The fourth-order valence-electron chi connectivity index (χ4n) is 2.73. The van der Waals surface area contributed by atoms with Crippen LogP contribution in [0, 0.1) is 0 Å². The van der Waals surface area contributed by atoms with E-state index < -0.39 is 11.7 Å². The third-order valence-electron chi connectivity index (χ3n) is 3.90. The Morgan fingerprint density at radius 1 is 1.30 bits per heavy atom. The zero-order valence-electron chi connectivity index (χ0n) is 15.5. The number of hydrogen-bond acceptors (Lipinski definition) is 4. The van der Waals surface area contributed by atoms with E-state index in [-0.39, 0.29) is 5.75 Å². The lowest BCUT2D eigenvalue weighted by Gasteiger charge is -2.19. The van der Waals surface area contributed by atoms with Crippen LogP contribution in [-0.4, -0.2) is 32.7 Å². The summed E-state index contributed by atoms with van der Waals surface area (Å²) in [5, 5.41) is 13.4. The number of phenols is 1. The van der Waals surface area contributed by atoms with Gasteiger partial charge >= 0.3 is 6.09 Å². The Bertz CT molecular complexity index is 976. The molecule has 3 rings (SSSR count). The van der Waals surface area contributed by atoms with Crippen molar-refractivity contribution in [3.8, 4) is 16.9 Å². The summed E-state index contributed by atoms with van der Waals surface area (Å²) in [7, 11) is 0. The van der Waals surface area contributed by atoms with Crippen molar-refractivity contribution in [3.63, 3.8) is 0 Å². The SMILES string of the molecule is CC(C)(C)OC(=O)NCCc1cnc2ccc(-c3ccc(Cl)cc3O)cn12. The van der Waals surface area contributed by atoms with E-state index in [9.17, 15) is 9.90 Å². The van der Waals surface area contributed by atoms with Crippen molar-refractivity contribution in [2.24, 2.45) is 0 Å². The molecule has 0 aliphatic heterocycles. The van der Waals surface area contributed by atoms with Crippen LogP contribution in [0.4, 0.5) is 4.79 Å². The monoisotopic (exact) mass is 387 g/mol. The minimum atomic E-state index is -0.525. The lowest BCUT2D eigenvalue weighted by atomic mass is 10.1. The summed E-state index contributed by atoms with van der Waals surface area (Å²) < 4.78 is 7.18. The molecule has 27 heavy (non-hydrogen) atoms. The van der Waals surface area contributed by atoms with Crippen molar-refractivity contribution in [1.29, 1.82) is 0 Å². The standard InChI is InChI=1S/C20H22ClN3O3/c1-20(2,3)27-19(26)22-9-8-15-11-23-18-7-4-13(12-24(15)18)16-6-5-14(21)10-17(16)25/h4-7,10-12,25H,8-9H2,1-3H3,(H,22,26). The van der Waals surface area contributed by atoms with Gasteiger partial charge in [-0.2, -0.15) is 0 Å². The highest BCUT2D eigenvalue weighted by molar-refractivity contribution is 6.30. The number of aromatic hydroxyl groups is 1. The molecule has 0 spiro atoms. The highest BCUT2D eigenvalue weighted by Gasteiger charge is 2.16. The van der Waals surface area contributed by atoms with Crippen LogP contribution in [0.3, 0.4) is 0 Å². The summed E-state index contributed by atoms with van der Waals surface area (Å²) in [6, 6.07) is 8.81. The number of carbonyl (C=O) groups is 1. The topological polar surface area (TPSA) is 75.9 Å². The molecule has 2 heterocycles. The molecule has 0 bridgehead atoms. The van der Waals surface area contributed by atoms with Crippen LogP contribution in [0.5, 0.6) is 5.75 Å². The first-order valence-corrected chi connectivity index (χ1v) is 9.02. The minimum Gasteiger partial charge on any atom is -0.507 e. The van der Waals surface area contributed by atoms with E-state index in [0.29, 0.717) is 23.6 Å². The van der Waals surface area contributed by atoms with E-state index in [1.807, 2.05) is 43.5 Å². The van der Waals surface area contributed by atoms with E-state index in [1.165, 1.54) is 6.07 Å². The van der Waals surface area contributed by atoms with Crippen molar-refractivity contribution in [1.82, 2.24) is 14.7 Å². The maximum Gasteiger partial charge on any atom is 0.407 e. The average Bonchev–Trinajstić information content (AvgIpc) is 2.95. The van der Waals surface area contributed by atoms with E-state index in [0.717, 1.165) is 16.9 Å². The maximum absolute atomic E-state index is 11.8. The first-order valence-electron chi connectivity index (χ1n) is 8.65. The number of amides is 1. The van der Waals surface area contributed by atoms with E-state index in [1.54, 1.807) is 18.3 Å². The number of rotatable bonds is 4. The van der Waals surface area contributed by atoms with Crippen LogP contribution in [0.15, 0.2) is 42.7 Å². The quantitative estimate of drug-likeness (QED) is 0.694. The molecule has 3 aromatic rings. The summed E-state index contributed by atoms with van der Waals surface area (Å²) in [5.74, 6) is 0.120. The number of alkyl carbamates (subject to hydrolysis) is 1.